The van der Waals surface area contributed by atoms with Crippen molar-refractivity contribution in [1.82, 2.24) is 15.0 Å². The Labute approximate surface area is 142 Å². The molecule has 7 heteroatoms. The Hall–Kier alpha value is -2.31. The lowest BCUT2D eigenvalue weighted by Gasteiger charge is -2.07. The van der Waals surface area contributed by atoms with E-state index >= 15 is 0 Å². The van der Waals surface area contributed by atoms with Crippen LogP contribution in [0.2, 0.25) is 5.15 Å². The van der Waals surface area contributed by atoms with E-state index in [0.717, 1.165) is 21.8 Å². The third-order valence-corrected chi connectivity index (χ3v) is 4.09. The zero-order valence-corrected chi connectivity index (χ0v) is 14.1. The van der Waals surface area contributed by atoms with Crippen LogP contribution in [-0.4, -0.2) is 20.9 Å². The summed E-state index contributed by atoms with van der Waals surface area (Å²) in [5.74, 6) is 0.245. The number of hydrogen-bond acceptors (Lipinski definition) is 5. The first-order valence-electron chi connectivity index (χ1n) is 6.85. The number of aryl methyl sites for hydroxylation is 2. The van der Waals surface area contributed by atoms with Gasteiger partial charge in [0.2, 0.25) is 0 Å². The van der Waals surface area contributed by atoms with Crippen molar-refractivity contribution in [3.05, 3.63) is 57.4 Å². The molecule has 3 rings (SSSR count). The summed E-state index contributed by atoms with van der Waals surface area (Å²) < 4.78 is 0. The van der Waals surface area contributed by atoms with Crippen molar-refractivity contribution in [2.24, 2.45) is 0 Å². The van der Waals surface area contributed by atoms with E-state index in [0.29, 0.717) is 16.7 Å². The molecule has 0 bridgehead atoms. The number of amides is 1. The first-order chi connectivity index (χ1) is 11.0. The van der Waals surface area contributed by atoms with Gasteiger partial charge in [0.05, 0.1) is 5.01 Å². The second-order valence-corrected chi connectivity index (χ2v) is 6.41. The predicted octanol–water partition coefficient (Wildman–Crippen LogP) is 4.12. The molecule has 0 unspecified atom stereocenters. The molecular formula is C16H13ClN4OS. The number of nitrogens with one attached hydrogen (secondary N) is 1. The van der Waals surface area contributed by atoms with Crippen LogP contribution in [0.3, 0.4) is 0 Å². The van der Waals surface area contributed by atoms with E-state index in [4.69, 9.17) is 11.6 Å². The number of nitrogens with zero attached hydrogens (tertiary/aromatic N) is 3. The van der Waals surface area contributed by atoms with Crippen LogP contribution < -0.4 is 5.32 Å². The number of rotatable bonds is 3. The van der Waals surface area contributed by atoms with Gasteiger partial charge in [-0.05, 0) is 49.2 Å². The number of aromatic nitrogens is 3. The number of anilines is 1. The van der Waals surface area contributed by atoms with Crippen LogP contribution in [-0.2, 0) is 0 Å². The largest absolute Gasteiger partial charge is 0.305 e. The number of thiazole rings is 1. The van der Waals surface area contributed by atoms with Crippen molar-refractivity contribution in [2.45, 2.75) is 13.8 Å². The Balaban J connectivity index is 1.92. The number of hydrogen-bond donors (Lipinski definition) is 1. The Morgan fingerprint density at radius 3 is 2.70 bits per heavy atom. The molecule has 5 nitrogen and oxygen atoms in total. The third-order valence-electron chi connectivity index (χ3n) is 3.11. The molecule has 0 aromatic carbocycles. The van der Waals surface area contributed by atoms with Crippen LogP contribution in [0.5, 0.6) is 0 Å². The summed E-state index contributed by atoms with van der Waals surface area (Å²) in [6, 6.07) is 7.22. The summed E-state index contributed by atoms with van der Waals surface area (Å²) in [5.41, 5.74) is 2.82. The zero-order chi connectivity index (χ0) is 16.4. The van der Waals surface area contributed by atoms with Crippen molar-refractivity contribution in [2.75, 3.05) is 5.32 Å². The second-order valence-electron chi connectivity index (χ2n) is 4.96. The Bertz CT molecular complexity index is 878. The van der Waals surface area contributed by atoms with Gasteiger partial charge in [0.1, 0.15) is 16.7 Å². The van der Waals surface area contributed by atoms with Gasteiger partial charge in [0, 0.05) is 17.3 Å². The molecule has 0 aliphatic rings. The molecule has 3 aromatic heterocycles. The highest BCUT2D eigenvalue weighted by molar-refractivity contribution is 7.09. The molecule has 23 heavy (non-hydrogen) atoms. The molecular weight excluding hydrogens is 332 g/mol. The minimum Gasteiger partial charge on any atom is -0.305 e. The number of carbonyl (C=O) groups excluding carboxylic acids is 1. The van der Waals surface area contributed by atoms with Crippen molar-refractivity contribution in [3.63, 3.8) is 0 Å². The van der Waals surface area contributed by atoms with Gasteiger partial charge in [0.25, 0.3) is 5.91 Å². The predicted molar refractivity (Wildman–Crippen MR) is 92.0 cm³/mol. The monoisotopic (exact) mass is 344 g/mol. The molecule has 0 radical (unpaired) electrons. The molecule has 3 aromatic rings. The average molecular weight is 345 g/mol. The van der Waals surface area contributed by atoms with Crippen molar-refractivity contribution in [3.8, 4) is 11.1 Å². The quantitative estimate of drug-likeness (QED) is 0.725. The highest BCUT2D eigenvalue weighted by Crippen LogP contribution is 2.23. The lowest BCUT2D eigenvalue weighted by atomic mass is 10.1. The minimum absolute atomic E-state index is 0.291. The van der Waals surface area contributed by atoms with Crippen molar-refractivity contribution >= 4 is 34.7 Å². The van der Waals surface area contributed by atoms with Crippen LogP contribution >= 0.6 is 22.9 Å². The topological polar surface area (TPSA) is 67.8 Å². The molecule has 0 atom stereocenters. The number of pyridine rings is 2. The van der Waals surface area contributed by atoms with Crippen LogP contribution in [0.4, 0.5) is 5.82 Å². The fourth-order valence-electron chi connectivity index (χ4n) is 2.13. The maximum atomic E-state index is 12.4. The van der Waals surface area contributed by atoms with Crippen molar-refractivity contribution < 1.29 is 4.79 Å². The average Bonchev–Trinajstić information content (AvgIpc) is 2.91. The van der Waals surface area contributed by atoms with Gasteiger partial charge in [-0.25, -0.2) is 15.0 Å². The fraction of sp³-hybridized carbons (Fsp3) is 0.125. The molecule has 0 spiro atoms. The van der Waals surface area contributed by atoms with E-state index in [1.807, 2.05) is 26.0 Å². The van der Waals surface area contributed by atoms with Gasteiger partial charge in [-0.15, -0.1) is 11.3 Å². The van der Waals surface area contributed by atoms with Gasteiger partial charge in [-0.3, -0.25) is 4.79 Å². The highest BCUT2D eigenvalue weighted by Gasteiger charge is 2.12. The summed E-state index contributed by atoms with van der Waals surface area (Å²) in [5, 5.41) is 5.85. The lowest BCUT2D eigenvalue weighted by Crippen LogP contribution is -2.14. The third kappa shape index (κ3) is 3.72. The molecule has 0 saturated carbocycles. The summed E-state index contributed by atoms with van der Waals surface area (Å²) in [6.45, 7) is 3.73. The Morgan fingerprint density at radius 2 is 2.00 bits per heavy atom. The first-order valence-corrected chi connectivity index (χ1v) is 8.11. The van der Waals surface area contributed by atoms with E-state index in [1.165, 1.54) is 11.3 Å². The molecule has 1 N–H and O–H groups in total. The summed E-state index contributed by atoms with van der Waals surface area (Å²) in [7, 11) is 0. The Morgan fingerprint density at radius 1 is 1.17 bits per heavy atom. The maximum absolute atomic E-state index is 12.4. The van der Waals surface area contributed by atoms with Crippen LogP contribution in [0.1, 0.15) is 21.2 Å². The highest BCUT2D eigenvalue weighted by atomic mass is 35.5. The van der Waals surface area contributed by atoms with Gasteiger partial charge >= 0.3 is 0 Å². The zero-order valence-electron chi connectivity index (χ0n) is 12.5. The molecule has 0 fully saturated rings. The summed E-state index contributed by atoms with van der Waals surface area (Å²) >= 11 is 7.41. The normalized spacial score (nSPS) is 10.6. The van der Waals surface area contributed by atoms with E-state index in [2.05, 4.69) is 20.3 Å². The van der Waals surface area contributed by atoms with Gasteiger partial charge in [-0.1, -0.05) is 11.6 Å². The second kappa shape index (κ2) is 6.44. The smallest absolute Gasteiger partial charge is 0.275 e. The molecule has 1 amide bonds. The van der Waals surface area contributed by atoms with Crippen molar-refractivity contribution in [1.29, 1.82) is 0 Å². The molecule has 0 aliphatic heterocycles. The van der Waals surface area contributed by atoms with Crippen LogP contribution in [0.15, 0.2) is 35.8 Å². The fourth-order valence-corrected chi connectivity index (χ4v) is 2.85. The van der Waals surface area contributed by atoms with Crippen LogP contribution in [0, 0.1) is 13.8 Å². The summed E-state index contributed by atoms with van der Waals surface area (Å²) in [4.78, 5) is 24.9. The SMILES string of the molecule is Cc1cc(-c2ccnc(Cl)c2)cc(C(=O)Nc2csc(C)n2)n1. The minimum atomic E-state index is -0.291. The standard InChI is InChI=1S/C16H13ClN4OS/c1-9-5-12(11-3-4-18-14(17)7-11)6-13(19-9)16(22)21-15-8-23-10(2)20-15/h3-8H,1-2H3,(H,21,22). The Kier molecular flexibility index (Phi) is 4.36. The lowest BCUT2D eigenvalue weighted by molar-refractivity contribution is 0.102. The molecule has 0 saturated heterocycles. The number of halogens is 1. The van der Waals surface area contributed by atoms with Crippen LogP contribution in [0.25, 0.3) is 11.1 Å². The van der Waals surface area contributed by atoms with E-state index in [9.17, 15) is 4.79 Å². The van der Waals surface area contributed by atoms with E-state index in [-0.39, 0.29) is 5.91 Å². The molecule has 0 aliphatic carbocycles. The molecule has 3 heterocycles. The maximum Gasteiger partial charge on any atom is 0.275 e. The van der Waals surface area contributed by atoms with Gasteiger partial charge in [-0.2, -0.15) is 0 Å². The van der Waals surface area contributed by atoms with E-state index in [1.54, 1.807) is 23.7 Å². The number of carbonyl (C=O) groups is 1. The van der Waals surface area contributed by atoms with Gasteiger partial charge < -0.3 is 5.32 Å². The molecule has 116 valence electrons. The van der Waals surface area contributed by atoms with Gasteiger partial charge in [0.15, 0.2) is 0 Å². The first kappa shape index (κ1) is 15.6. The summed E-state index contributed by atoms with van der Waals surface area (Å²) in [6.07, 6.45) is 1.63. The van der Waals surface area contributed by atoms with E-state index < -0.39 is 0 Å².